The lowest BCUT2D eigenvalue weighted by Gasteiger charge is -2.06. The van der Waals surface area contributed by atoms with Crippen molar-refractivity contribution < 1.29 is 0 Å². The molecule has 5 heteroatoms. The highest BCUT2D eigenvalue weighted by Crippen LogP contribution is 2.55. The second-order valence-corrected chi connectivity index (χ2v) is 6.28. The summed E-state index contributed by atoms with van der Waals surface area (Å²) in [7, 11) is 0. The lowest BCUT2D eigenvalue weighted by atomic mass is 10.0. The first-order valence-corrected chi connectivity index (χ1v) is 8.33. The fourth-order valence-corrected chi connectivity index (χ4v) is 3.42. The maximum atomic E-state index is 4.46. The Morgan fingerprint density at radius 2 is 1.44 bits per heavy atom. The smallest absolute Gasteiger partial charge is 0.197 e. The van der Waals surface area contributed by atoms with Crippen LogP contribution in [0.5, 0.6) is 0 Å². The van der Waals surface area contributed by atoms with E-state index in [1.807, 2.05) is 24.7 Å². The van der Waals surface area contributed by atoms with Crippen molar-refractivity contribution in [3.05, 3.63) is 78.5 Å². The molecule has 0 saturated heterocycles. The molecule has 0 N–H and O–H groups in total. The van der Waals surface area contributed by atoms with Crippen LogP contribution in [0.15, 0.2) is 67.4 Å². The zero-order valence-corrected chi connectivity index (χ0v) is 13.4. The lowest BCUT2D eigenvalue weighted by Crippen LogP contribution is -1.96. The van der Waals surface area contributed by atoms with Crippen molar-refractivity contribution in [3.8, 4) is 11.6 Å². The molecule has 1 aliphatic rings. The van der Waals surface area contributed by atoms with Gasteiger partial charge in [0.05, 0.1) is 5.52 Å². The Hall–Kier alpha value is -3.21. The van der Waals surface area contributed by atoms with Crippen LogP contribution in [0.25, 0.3) is 22.6 Å². The van der Waals surface area contributed by atoms with E-state index in [2.05, 4.69) is 49.2 Å². The first-order valence-electron chi connectivity index (χ1n) is 8.33. The highest BCUT2D eigenvalue weighted by atomic mass is 15.0. The van der Waals surface area contributed by atoms with E-state index in [0.29, 0.717) is 23.5 Å². The fourth-order valence-electron chi connectivity index (χ4n) is 3.42. The van der Waals surface area contributed by atoms with Crippen LogP contribution in [0.3, 0.4) is 0 Å². The molecule has 0 amide bonds. The Morgan fingerprint density at radius 1 is 0.680 bits per heavy atom. The van der Waals surface area contributed by atoms with Crippen molar-refractivity contribution >= 4 is 10.9 Å². The maximum absolute atomic E-state index is 4.46. The van der Waals surface area contributed by atoms with E-state index in [1.54, 1.807) is 18.5 Å². The minimum Gasteiger partial charge on any atom is -0.256 e. The van der Waals surface area contributed by atoms with Crippen LogP contribution >= 0.6 is 0 Å². The second kappa shape index (κ2) is 5.70. The highest BCUT2D eigenvalue weighted by molar-refractivity contribution is 5.83. The summed E-state index contributed by atoms with van der Waals surface area (Å²) >= 11 is 0. The number of fused-ring (bicyclic) bond motifs is 1. The van der Waals surface area contributed by atoms with Crippen molar-refractivity contribution in [2.24, 2.45) is 0 Å². The Labute approximate surface area is 144 Å². The van der Waals surface area contributed by atoms with Crippen molar-refractivity contribution in [1.29, 1.82) is 0 Å². The van der Waals surface area contributed by atoms with Gasteiger partial charge in [-0.1, -0.05) is 18.2 Å². The molecule has 3 heterocycles. The molecule has 120 valence electrons. The molecule has 1 aliphatic carbocycles. The summed E-state index contributed by atoms with van der Waals surface area (Å²) < 4.78 is 0. The van der Waals surface area contributed by atoms with E-state index in [1.165, 1.54) is 16.5 Å². The Kier molecular flexibility index (Phi) is 3.23. The van der Waals surface area contributed by atoms with Crippen molar-refractivity contribution in [3.63, 3.8) is 0 Å². The molecule has 0 spiro atoms. The third kappa shape index (κ3) is 2.54. The normalized spacial score (nSPS) is 19.0. The molecular formula is C20H15N5. The average molecular weight is 325 g/mol. The van der Waals surface area contributed by atoms with Crippen LogP contribution in [0.4, 0.5) is 0 Å². The van der Waals surface area contributed by atoms with Gasteiger partial charge in [0.25, 0.3) is 0 Å². The van der Waals surface area contributed by atoms with Crippen LogP contribution in [-0.2, 0) is 0 Å². The largest absolute Gasteiger partial charge is 0.256 e. The number of hydrogen-bond donors (Lipinski definition) is 0. The molecule has 4 aromatic rings. The van der Waals surface area contributed by atoms with Gasteiger partial charge in [-0.3, -0.25) is 4.98 Å². The van der Waals surface area contributed by atoms with Gasteiger partial charge in [0, 0.05) is 36.4 Å². The Balaban J connectivity index is 1.43. The van der Waals surface area contributed by atoms with E-state index >= 15 is 0 Å². The second-order valence-electron chi connectivity index (χ2n) is 6.28. The van der Waals surface area contributed by atoms with Gasteiger partial charge in [0.2, 0.25) is 0 Å². The molecule has 5 nitrogen and oxygen atoms in total. The molecule has 0 aliphatic heterocycles. The number of nitrogens with zero attached hydrogens (tertiary/aromatic N) is 5. The van der Waals surface area contributed by atoms with Crippen LogP contribution in [0.2, 0.25) is 0 Å². The predicted octanol–water partition coefficient (Wildman–Crippen LogP) is 3.75. The van der Waals surface area contributed by atoms with Crippen LogP contribution in [0.1, 0.15) is 29.4 Å². The van der Waals surface area contributed by atoms with Crippen LogP contribution in [-0.4, -0.2) is 24.9 Å². The molecule has 5 rings (SSSR count). The molecule has 3 aromatic heterocycles. The molecule has 1 saturated carbocycles. The highest BCUT2D eigenvalue weighted by Gasteiger charge is 2.40. The minimum atomic E-state index is 0.469. The molecular weight excluding hydrogens is 310 g/mol. The topological polar surface area (TPSA) is 64.5 Å². The number of benzene rings is 1. The maximum Gasteiger partial charge on any atom is 0.197 e. The summed E-state index contributed by atoms with van der Waals surface area (Å²) in [5.41, 5.74) is 3.59. The number of rotatable bonds is 3. The van der Waals surface area contributed by atoms with Gasteiger partial charge >= 0.3 is 0 Å². The van der Waals surface area contributed by atoms with Gasteiger partial charge in [-0.05, 0) is 47.6 Å². The summed E-state index contributed by atoms with van der Waals surface area (Å²) in [6.45, 7) is 0. The predicted molar refractivity (Wildman–Crippen MR) is 94.9 cm³/mol. The van der Waals surface area contributed by atoms with Gasteiger partial charge in [-0.15, -0.1) is 0 Å². The zero-order valence-electron chi connectivity index (χ0n) is 13.4. The number of aromatic nitrogens is 5. The lowest BCUT2D eigenvalue weighted by molar-refractivity contribution is 0.981. The fraction of sp³-hybridized carbons (Fsp3) is 0.150. The SMILES string of the molecule is c1cnc(-c2ncc([C@@H]3C[C@H]3c3cccc4ncccc34)cn2)nc1. The third-order valence-corrected chi connectivity index (χ3v) is 4.74. The quantitative estimate of drug-likeness (QED) is 0.574. The standard InChI is InChI=1S/C20H15N5/c1-4-14(15-5-2-7-21-18(15)6-1)17-10-16(17)13-11-24-20(25-12-13)19-22-8-3-9-23-19/h1-9,11-12,16-17H,10H2/t16-,17-/m0/s1. The minimum absolute atomic E-state index is 0.469. The van der Waals surface area contributed by atoms with Gasteiger partial charge < -0.3 is 0 Å². The van der Waals surface area contributed by atoms with E-state index in [9.17, 15) is 0 Å². The van der Waals surface area contributed by atoms with E-state index in [-0.39, 0.29) is 0 Å². The first-order chi connectivity index (χ1) is 12.4. The number of hydrogen-bond acceptors (Lipinski definition) is 5. The molecule has 1 fully saturated rings. The van der Waals surface area contributed by atoms with E-state index in [0.717, 1.165) is 11.9 Å². The summed E-state index contributed by atoms with van der Waals surface area (Å²) in [5.74, 6) is 2.10. The zero-order chi connectivity index (χ0) is 16.6. The van der Waals surface area contributed by atoms with Crippen molar-refractivity contribution in [1.82, 2.24) is 24.9 Å². The summed E-state index contributed by atoms with van der Waals surface area (Å²) in [6.07, 6.45) is 10.2. The van der Waals surface area contributed by atoms with Gasteiger partial charge in [0.1, 0.15) is 0 Å². The Morgan fingerprint density at radius 3 is 2.28 bits per heavy atom. The Bertz CT molecular complexity index is 1030. The van der Waals surface area contributed by atoms with Gasteiger partial charge in [0.15, 0.2) is 11.6 Å². The molecule has 1 aromatic carbocycles. The first kappa shape index (κ1) is 14.2. The molecule has 0 unspecified atom stereocenters. The van der Waals surface area contributed by atoms with E-state index in [4.69, 9.17) is 0 Å². The van der Waals surface area contributed by atoms with Crippen molar-refractivity contribution in [2.75, 3.05) is 0 Å². The molecule has 0 bridgehead atoms. The van der Waals surface area contributed by atoms with E-state index < -0.39 is 0 Å². The van der Waals surface area contributed by atoms with Crippen molar-refractivity contribution in [2.45, 2.75) is 18.3 Å². The molecule has 25 heavy (non-hydrogen) atoms. The average Bonchev–Trinajstić information content (AvgIpc) is 3.49. The summed E-state index contributed by atoms with van der Waals surface area (Å²) in [6, 6.07) is 12.3. The summed E-state index contributed by atoms with van der Waals surface area (Å²) in [5, 5.41) is 1.24. The van der Waals surface area contributed by atoms with Crippen LogP contribution in [0, 0.1) is 0 Å². The van der Waals surface area contributed by atoms with Gasteiger partial charge in [-0.2, -0.15) is 0 Å². The third-order valence-electron chi connectivity index (χ3n) is 4.74. The van der Waals surface area contributed by atoms with Gasteiger partial charge in [-0.25, -0.2) is 19.9 Å². The monoisotopic (exact) mass is 325 g/mol. The molecule has 2 atom stereocenters. The molecule has 0 radical (unpaired) electrons. The summed E-state index contributed by atoms with van der Waals surface area (Å²) in [4.78, 5) is 21.7. The number of pyridine rings is 1. The van der Waals surface area contributed by atoms with Crippen LogP contribution < -0.4 is 0 Å².